The van der Waals surface area contributed by atoms with Gasteiger partial charge in [0.05, 0.1) is 0 Å². The normalized spacial score (nSPS) is 20.5. The number of hydrogen-bond donors (Lipinski definition) is 2. The van der Waals surface area contributed by atoms with Crippen LogP contribution in [0.15, 0.2) is 18.3 Å². The highest BCUT2D eigenvalue weighted by molar-refractivity contribution is 5.94. The molecule has 1 aromatic heterocycles. The first-order valence-corrected chi connectivity index (χ1v) is 6.62. The minimum absolute atomic E-state index is 0.0610. The van der Waals surface area contributed by atoms with Crippen molar-refractivity contribution in [3.05, 3.63) is 29.6 Å². The molecule has 0 amide bonds. The van der Waals surface area contributed by atoms with Gasteiger partial charge in [0.15, 0.2) is 0 Å². The minimum Gasteiger partial charge on any atom is -0.382 e. The summed E-state index contributed by atoms with van der Waals surface area (Å²) < 4.78 is 0. The molecule has 2 heterocycles. The molecule has 1 aliphatic heterocycles. The van der Waals surface area contributed by atoms with E-state index in [0.29, 0.717) is 17.7 Å². The third-order valence-electron chi connectivity index (χ3n) is 3.70. The molecule has 1 aromatic rings. The fraction of sp³-hybridized carbons (Fsp3) is 0.571. The van der Waals surface area contributed by atoms with E-state index < -0.39 is 0 Å². The SMILES string of the molecule is CC(C)C1CCCN1Cc1cccnc1C(=N)N. The zero-order valence-electron chi connectivity index (χ0n) is 11.2. The summed E-state index contributed by atoms with van der Waals surface area (Å²) >= 11 is 0. The van der Waals surface area contributed by atoms with E-state index in [2.05, 4.69) is 23.7 Å². The van der Waals surface area contributed by atoms with Crippen molar-refractivity contribution in [2.75, 3.05) is 6.54 Å². The first kappa shape index (κ1) is 13.0. The van der Waals surface area contributed by atoms with Crippen LogP contribution >= 0.6 is 0 Å². The third-order valence-corrected chi connectivity index (χ3v) is 3.70. The lowest BCUT2D eigenvalue weighted by Crippen LogP contribution is -2.33. The van der Waals surface area contributed by atoms with Gasteiger partial charge in [-0.3, -0.25) is 15.3 Å². The van der Waals surface area contributed by atoms with Gasteiger partial charge in [-0.05, 0) is 36.9 Å². The van der Waals surface area contributed by atoms with Crippen molar-refractivity contribution in [2.24, 2.45) is 11.7 Å². The molecule has 0 saturated carbocycles. The maximum Gasteiger partial charge on any atom is 0.142 e. The zero-order valence-corrected chi connectivity index (χ0v) is 11.2. The summed E-state index contributed by atoms with van der Waals surface area (Å²) in [4.78, 5) is 6.71. The van der Waals surface area contributed by atoms with Gasteiger partial charge in [-0.1, -0.05) is 19.9 Å². The van der Waals surface area contributed by atoms with E-state index in [1.807, 2.05) is 12.1 Å². The van der Waals surface area contributed by atoms with Gasteiger partial charge in [0.1, 0.15) is 11.5 Å². The summed E-state index contributed by atoms with van der Waals surface area (Å²) in [5.74, 6) is 0.732. The highest BCUT2D eigenvalue weighted by Gasteiger charge is 2.27. The standard InChI is InChI=1S/C14H22N4/c1-10(2)12-6-4-8-18(12)9-11-5-3-7-17-13(11)14(15)16/h3,5,7,10,12H,4,6,8-9H2,1-2H3,(H3,15,16). The van der Waals surface area contributed by atoms with Gasteiger partial charge >= 0.3 is 0 Å². The molecule has 1 atom stereocenters. The smallest absolute Gasteiger partial charge is 0.142 e. The molecule has 4 nitrogen and oxygen atoms in total. The molecule has 1 unspecified atom stereocenters. The lowest BCUT2D eigenvalue weighted by Gasteiger charge is -2.28. The predicted octanol–water partition coefficient (Wildman–Crippen LogP) is 1.99. The van der Waals surface area contributed by atoms with Crippen LogP contribution in [0.5, 0.6) is 0 Å². The highest BCUT2D eigenvalue weighted by Crippen LogP contribution is 2.25. The molecule has 2 rings (SSSR count). The van der Waals surface area contributed by atoms with E-state index in [9.17, 15) is 0 Å². The molecule has 0 aromatic carbocycles. The van der Waals surface area contributed by atoms with Crippen molar-refractivity contribution in [1.82, 2.24) is 9.88 Å². The van der Waals surface area contributed by atoms with E-state index in [1.54, 1.807) is 6.20 Å². The average molecular weight is 246 g/mol. The Morgan fingerprint density at radius 1 is 1.61 bits per heavy atom. The second-order valence-corrected chi connectivity index (χ2v) is 5.35. The molecular formula is C14H22N4. The summed E-state index contributed by atoms with van der Waals surface area (Å²) in [6.07, 6.45) is 4.23. The first-order chi connectivity index (χ1) is 8.59. The van der Waals surface area contributed by atoms with E-state index in [4.69, 9.17) is 11.1 Å². The third kappa shape index (κ3) is 2.70. The Morgan fingerprint density at radius 2 is 2.39 bits per heavy atom. The Kier molecular flexibility index (Phi) is 3.97. The number of nitrogen functional groups attached to an aromatic ring is 1. The van der Waals surface area contributed by atoms with Gasteiger partial charge in [0.2, 0.25) is 0 Å². The number of pyridine rings is 1. The van der Waals surface area contributed by atoms with Crippen molar-refractivity contribution in [3.63, 3.8) is 0 Å². The van der Waals surface area contributed by atoms with Gasteiger partial charge in [0.25, 0.3) is 0 Å². The molecule has 0 bridgehead atoms. The van der Waals surface area contributed by atoms with Crippen molar-refractivity contribution in [1.29, 1.82) is 5.41 Å². The van der Waals surface area contributed by atoms with Crippen molar-refractivity contribution in [3.8, 4) is 0 Å². The molecule has 1 saturated heterocycles. The number of aromatic nitrogens is 1. The number of amidine groups is 1. The van der Waals surface area contributed by atoms with E-state index in [0.717, 1.165) is 18.7 Å². The molecule has 0 radical (unpaired) electrons. The minimum atomic E-state index is 0.0610. The summed E-state index contributed by atoms with van der Waals surface area (Å²) in [6.45, 7) is 6.54. The van der Waals surface area contributed by atoms with Crippen molar-refractivity contribution < 1.29 is 0 Å². The fourth-order valence-corrected chi connectivity index (χ4v) is 2.83. The average Bonchev–Trinajstić information content (AvgIpc) is 2.77. The highest BCUT2D eigenvalue weighted by atomic mass is 15.2. The zero-order chi connectivity index (χ0) is 13.1. The van der Waals surface area contributed by atoms with Crippen LogP contribution in [0.1, 0.15) is 37.9 Å². The van der Waals surface area contributed by atoms with Gasteiger partial charge in [0, 0.05) is 18.8 Å². The molecule has 1 fully saturated rings. The summed E-state index contributed by atoms with van der Waals surface area (Å²) in [6, 6.07) is 4.59. The topological polar surface area (TPSA) is 66.0 Å². The second kappa shape index (κ2) is 5.48. The van der Waals surface area contributed by atoms with Gasteiger partial charge in [-0.15, -0.1) is 0 Å². The van der Waals surface area contributed by atoms with Crippen LogP contribution < -0.4 is 5.73 Å². The van der Waals surface area contributed by atoms with Gasteiger partial charge in [-0.2, -0.15) is 0 Å². The van der Waals surface area contributed by atoms with Crippen LogP contribution in [0.3, 0.4) is 0 Å². The Labute approximate surface area is 109 Å². The van der Waals surface area contributed by atoms with E-state index >= 15 is 0 Å². The van der Waals surface area contributed by atoms with Crippen LogP contribution in [0.4, 0.5) is 0 Å². The van der Waals surface area contributed by atoms with Crippen molar-refractivity contribution in [2.45, 2.75) is 39.3 Å². The number of nitrogens with zero attached hydrogens (tertiary/aromatic N) is 2. The molecule has 4 heteroatoms. The monoisotopic (exact) mass is 246 g/mol. The van der Waals surface area contributed by atoms with E-state index in [1.165, 1.54) is 12.8 Å². The summed E-state index contributed by atoms with van der Waals surface area (Å²) in [7, 11) is 0. The Morgan fingerprint density at radius 3 is 3.06 bits per heavy atom. The van der Waals surface area contributed by atoms with Crippen LogP contribution in [-0.2, 0) is 6.54 Å². The lowest BCUT2D eigenvalue weighted by molar-refractivity contribution is 0.198. The number of nitrogens with one attached hydrogen (secondary N) is 1. The Bertz CT molecular complexity index is 428. The van der Waals surface area contributed by atoms with Crippen LogP contribution in [0.25, 0.3) is 0 Å². The Balaban J connectivity index is 2.16. The molecule has 0 spiro atoms. The predicted molar refractivity (Wildman–Crippen MR) is 73.5 cm³/mol. The quantitative estimate of drug-likeness (QED) is 0.630. The number of hydrogen-bond acceptors (Lipinski definition) is 3. The summed E-state index contributed by atoms with van der Waals surface area (Å²) in [5.41, 5.74) is 7.28. The van der Waals surface area contributed by atoms with Gasteiger partial charge < -0.3 is 5.73 Å². The molecule has 18 heavy (non-hydrogen) atoms. The number of nitrogens with two attached hydrogens (primary N) is 1. The van der Waals surface area contributed by atoms with Crippen LogP contribution in [0, 0.1) is 11.3 Å². The van der Waals surface area contributed by atoms with E-state index in [-0.39, 0.29) is 5.84 Å². The molecule has 0 aliphatic carbocycles. The molecule has 3 N–H and O–H groups in total. The Hall–Kier alpha value is -1.42. The molecular weight excluding hydrogens is 224 g/mol. The second-order valence-electron chi connectivity index (χ2n) is 5.35. The lowest BCUT2D eigenvalue weighted by atomic mass is 10.0. The summed E-state index contributed by atoms with van der Waals surface area (Å²) in [5, 5.41) is 7.58. The van der Waals surface area contributed by atoms with Crippen molar-refractivity contribution >= 4 is 5.84 Å². The van der Waals surface area contributed by atoms with Crippen LogP contribution in [0.2, 0.25) is 0 Å². The number of likely N-dealkylation sites (tertiary alicyclic amines) is 1. The maximum absolute atomic E-state index is 7.58. The number of rotatable bonds is 4. The largest absolute Gasteiger partial charge is 0.382 e. The first-order valence-electron chi connectivity index (χ1n) is 6.62. The van der Waals surface area contributed by atoms with Crippen LogP contribution in [-0.4, -0.2) is 28.3 Å². The molecule has 1 aliphatic rings. The molecule has 98 valence electrons. The van der Waals surface area contributed by atoms with Gasteiger partial charge in [-0.25, -0.2) is 0 Å². The maximum atomic E-state index is 7.58. The fourth-order valence-electron chi connectivity index (χ4n) is 2.83.